The van der Waals surface area contributed by atoms with Gasteiger partial charge in [-0.1, -0.05) is 243 Å². The van der Waals surface area contributed by atoms with Gasteiger partial charge in [0, 0.05) is 12.8 Å². The molecule has 6 nitrogen and oxygen atoms in total. The van der Waals surface area contributed by atoms with Gasteiger partial charge in [0.15, 0.2) is 0 Å². The van der Waals surface area contributed by atoms with Crippen LogP contribution in [0, 0.1) is 0 Å². The van der Waals surface area contributed by atoms with Crippen LogP contribution in [0.15, 0.2) is 36.5 Å². The van der Waals surface area contributed by atoms with E-state index in [0.717, 1.165) is 64.2 Å². The zero-order valence-corrected chi connectivity index (χ0v) is 42.8. The Hall–Kier alpha value is -1.92. The molecule has 0 heterocycles. The minimum atomic E-state index is -0.673. The maximum atomic E-state index is 12.5. The molecule has 2 atom stereocenters. The molecule has 6 heteroatoms. The normalized spacial score (nSPS) is 12.9. The van der Waals surface area contributed by atoms with Crippen molar-refractivity contribution in [2.75, 3.05) is 13.2 Å². The van der Waals surface area contributed by atoms with Crippen molar-refractivity contribution in [3.8, 4) is 0 Å². The fraction of sp³-hybridized carbons (Fsp3) is 0.862. The number of unbranched alkanes of at least 4 members (excludes halogenated alkanes) is 35. The van der Waals surface area contributed by atoms with E-state index in [1.165, 1.54) is 199 Å². The fourth-order valence-corrected chi connectivity index (χ4v) is 8.55. The van der Waals surface area contributed by atoms with E-state index in [4.69, 9.17) is 4.74 Å². The Morgan fingerprint density at radius 3 is 1.27 bits per heavy atom. The van der Waals surface area contributed by atoms with Gasteiger partial charge in [-0.05, 0) is 77.0 Å². The lowest BCUT2D eigenvalue weighted by Gasteiger charge is -2.22. The largest absolute Gasteiger partial charge is 0.466 e. The number of rotatable bonds is 52. The number of esters is 1. The number of nitrogens with one attached hydrogen (secondary N) is 1. The van der Waals surface area contributed by atoms with Crippen LogP contribution in [0.4, 0.5) is 0 Å². The first-order valence-corrected chi connectivity index (χ1v) is 28.2. The van der Waals surface area contributed by atoms with Crippen LogP contribution < -0.4 is 5.32 Å². The number of aliphatic hydroxyl groups is 2. The van der Waals surface area contributed by atoms with Crippen molar-refractivity contribution in [2.24, 2.45) is 0 Å². The van der Waals surface area contributed by atoms with E-state index < -0.39 is 12.1 Å². The maximum absolute atomic E-state index is 12.5. The molecule has 3 N–H and O–H groups in total. The number of amides is 1. The molecule has 0 saturated carbocycles. The van der Waals surface area contributed by atoms with Crippen LogP contribution in [0.1, 0.15) is 296 Å². The number of allylic oxidation sites excluding steroid dienone is 6. The van der Waals surface area contributed by atoms with Crippen LogP contribution in [0.3, 0.4) is 0 Å². The van der Waals surface area contributed by atoms with Crippen molar-refractivity contribution in [3.05, 3.63) is 36.5 Å². The quantitative estimate of drug-likeness (QED) is 0.0321. The molecule has 0 aromatic carbocycles. The topological polar surface area (TPSA) is 95.9 Å². The van der Waals surface area contributed by atoms with E-state index in [2.05, 4.69) is 55.6 Å². The Kier molecular flexibility index (Phi) is 52.1. The van der Waals surface area contributed by atoms with Gasteiger partial charge in [0.25, 0.3) is 0 Å². The van der Waals surface area contributed by atoms with Crippen molar-refractivity contribution >= 4 is 11.9 Å². The number of carbonyl (C=O) groups is 2. The van der Waals surface area contributed by atoms with Crippen molar-refractivity contribution in [3.63, 3.8) is 0 Å². The maximum Gasteiger partial charge on any atom is 0.305 e. The number of hydrogen-bond acceptors (Lipinski definition) is 5. The van der Waals surface area contributed by atoms with Crippen molar-refractivity contribution in [2.45, 2.75) is 309 Å². The molecule has 0 fully saturated rings. The summed E-state index contributed by atoms with van der Waals surface area (Å²) in [5.41, 5.74) is 0. The molecule has 0 saturated heterocycles. The molecule has 64 heavy (non-hydrogen) atoms. The molecule has 0 aliphatic rings. The Labute approximate surface area is 398 Å². The molecule has 0 rings (SSSR count). The summed E-state index contributed by atoms with van der Waals surface area (Å²) >= 11 is 0. The minimum absolute atomic E-state index is 0.0173. The molecule has 1 amide bonds. The van der Waals surface area contributed by atoms with Gasteiger partial charge in [-0.2, -0.15) is 0 Å². The first kappa shape index (κ1) is 62.1. The van der Waals surface area contributed by atoms with Gasteiger partial charge >= 0.3 is 5.97 Å². The predicted molar refractivity (Wildman–Crippen MR) is 278 cm³/mol. The van der Waals surface area contributed by atoms with Crippen molar-refractivity contribution in [1.29, 1.82) is 0 Å². The van der Waals surface area contributed by atoms with Gasteiger partial charge in [0.05, 0.1) is 25.4 Å². The molecule has 0 radical (unpaired) electrons. The molecule has 0 aliphatic heterocycles. The average molecular weight is 901 g/mol. The van der Waals surface area contributed by atoms with E-state index in [0.29, 0.717) is 25.9 Å². The van der Waals surface area contributed by atoms with Gasteiger partial charge < -0.3 is 20.3 Å². The third-order valence-corrected chi connectivity index (χ3v) is 12.9. The monoisotopic (exact) mass is 900 g/mol. The zero-order valence-electron chi connectivity index (χ0n) is 42.8. The Balaban J connectivity index is 3.47. The molecule has 0 spiro atoms. The summed E-state index contributed by atoms with van der Waals surface area (Å²) in [5.74, 6) is -0.0636. The van der Waals surface area contributed by atoms with Crippen LogP contribution in [0.2, 0.25) is 0 Å². The van der Waals surface area contributed by atoms with Crippen LogP contribution in [-0.2, 0) is 14.3 Å². The summed E-state index contributed by atoms with van der Waals surface area (Å²) in [6.07, 6.45) is 65.5. The minimum Gasteiger partial charge on any atom is -0.466 e. The third kappa shape index (κ3) is 49.5. The smallest absolute Gasteiger partial charge is 0.305 e. The van der Waals surface area contributed by atoms with Crippen molar-refractivity contribution < 1.29 is 24.5 Å². The lowest BCUT2D eigenvalue weighted by molar-refractivity contribution is -0.143. The number of aliphatic hydroxyl groups excluding tert-OH is 2. The summed E-state index contributed by atoms with van der Waals surface area (Å²) in [6.45, 7) is 4.87. The van der Waals surface area contributed by atoms with Crippen molar-refractivity contribution in [1.82, 2.24) is 5.32 Å². The summed E-state index contributed by atoms with van der Waals surface area (Å²) in [7, 11) is 0. The number of hydrogen-bond donors (Lipinski definition) is 3. The fourth-order valence-electron chi connectivity index (χ4n) is 8.55. The molecule has 0 aromatic rings. The first-order valence-electron chi connectivity index (χ1n) is 28.2. The molecule has 0 aliphatic carbocycles. The van der Waals surface area contributed by atoms with Crippen LogP contribution >= 0.6 is 0 Å². The molecule has 2 unspecified atom stereocenters. The Bertz CT molecular complexity index is 1040. The third-order valence-electron chi connectivity index (χ3n) is 12.9. The standard InChI is InChI=1S/C58H109NO5/c1-3-5-7-9-11-13-15-17-18-20-23-27-30-34-38-42-46-50-56(61)55(54-60)59-57(62)51-47-43-39-35-31-28-24-21-19-22-25-29-33-37-41-45-49-53-64-58(63)52-48-44-40-36-32-26-16-14-12-10-8-6-4-2/h8,10,14,16,19,22,55-56,60-61H,3-7,9,11-13,15,17-18,20-21,23-54H2,1-2H3,(H,59,62)/b10-8-,16-14-,22-19-. The second-order valence-electron chi connectivity index (χ2n) is 19.3. The van der Waals surface area contributed by atoms with Gasteiger partial charge in [-0.25, -0.2) is 0 Å². The second kappa shape index (κ2) is 53.7. The molecule has 0 bridgehead atoms. The van der Waals surface area contributed by atoms with Gasteiger partial charge in [0.2, 0.25) is 5.91 Å². The van der Waals surface area contributed by atoms with Gasteiger partial charge in [-0.15, -0.1) is 0 Å². The van der Waals surface area contributed by atoms with E-state index in [9.17, 15) is 19.8 Å². The molecule has 0 aromatic heterocycles. The Morgan fingerprint density at radius 2 is 0.812 bits per heavy atom. The first-order chi connectivity index (χ1) is 31.5. The zero-order chi connectivity index (χ0) is 46.5. The van der Waals surface area contributed by atoms with Crippen LogP contribution in [0.25, 0.3) is 0 Å². The highest BCUT2D eigenvalue weighted by Gasteiger charge is 2.20. The van der Waals surface area contributed by atoms with Gasteiger partial charge in [0.1, 0.15) is 0 Å². The van der Waals surface area contributed by atoms with E-state index in [1.807, 2.05) is 0 Å². The van der Waals surface area contributed by atoms with Crippen LogP contribution in [0.5, 0.6) is 0 Å². The highest BCUT2D eigenvalue weighted by atomic mass is 16.5. The average Bonchev–Trinajstić information content (AvgIpc) is 3.29. The van der Waals surface area contributed by atoms with E-state index >= 15 is 0 Å². The van der Waals surface area contributed by atoms with Crippen LogP contribution in [-0.4, -0.2) is 47.4 Å². The lowest BCUT2D eigenvalue weighted by atomic mass is 10.0. The Morgan fingerprint density at radius 1 is 0.438 bits per heavy atom. The molecular formula is C58H109NO5. The second-order valence-corrected chi connectivity index (χ2v) is 19.3. The van der Waals surface area contributed by atoms with E-state index in [-0.39, 0.29) is 18.5 Å². The summed E-state index contributed by atoms with van der Waals surface area (Å²) < 4.78 is 5.45. The van der Waals surface area contributed by atoms with E-state index in [1.54, 1.807) is 0 Å². The molecule has 376 valence electrons. The summed E-state index contributed by atoms with van der Waals surface area (Å²) in [6, 6.07) is -0.551. The lowest BCUT2D eigenvalue weighted by Crippen LogP contribution is -2.45. The highest BCUT2D eigenvalue weighted by Crippen LogP contribution is 2.17. The summed E-state index contributed by atoms with van der Waals surface area (Å²) in [5, 5.41) is 23.3. The number of ether oxygens (including phenoxy) is 1. The summed E-state index contributed by atoms with van der Waals surface area (Å²) in [4.78, 5) is 24.5. The predicted octanol–water partition coefficient (Wildman–Crippen LogP) is 17.2. The number of carbonyl (C=O) groups excluding carboxylic acids is 2. The molecular weight excluding hydrogens is 791 g/mol. The van der Waals surface area contributed by atoms with Gasteiger partial charge in [-0.3, -0.25) is 9.59 Å². The SMILES string of the molecule is CCC/C=C\C/C=C\CCCCCCCC(=O)OCCCCCCCC/C=C\CCCCCCCCCC(=O)NC(CO)C(O)CCCCCCCCCCCCCCCCCCC. The highest BCUT2D eigenvalue weighted by molar-refractivity contribution is 5.76.